The molecule has 1 saturated heterocycles. The highest BCUT2D eigenvalue weighted by molar-refractivity contribution is 4.98. The zero-order valence-corrected chi connectivity index (χ0v) is 6.29. The van der Waals surface area contributed by atoms with Crippen LogP contribution in [0.4, 0.5) is 0 Å². The second kappa shape index (κ2) is 3.17. The molecule has 1 unspecified atom stereocenters. The van der Waals surface area contributed by atoms with E-state index in [-0.39, 0.29) is 12.7 Å². The van der Waals surface area contributed by atoms with Gasteiger partial charge < -0.3 is 9.84 Å². The topological polar surface area (TPSA) is 32.8 Å². The largest absolute Gasteiger partial charge is 0.396 e. The molecule has 0 amide bonds. The van der Waals surface area contributed by atoms with Gasteiger partial charge in [-0.2, -0.15) is 0 Å². The van der Waals surface area contributed by atoms with Crippen molar-refractivity contribution in [2.45, 2.75) is 25.6 Å². The number of aliphatic hydroxyl groups excluding tert-OH is 1. The summed E-state index contributed by atoms with van der Waals surface area (Å²) >= 11 is 0. The van der Waals surface area contributed by atoms with Gasteiger partial charge in [0.05, 0.1) is 6.10 Å². The molecule has 0 aromatic carbocycles. The molecule has 0 spiro atoms. The third-order valence-electron chi connectivity index (χ3n) is 1.80. The van der Waals surface area contributed by atoms with Crippen LogP contribution in [0.2, 0.25) is 0 Å². The summed E-state index contributed by atoms with van der Waals surface area (Å²) in [6.07, 6.45) is 3.36. The molecule has 0 radical (unpaired) electrons. The number of aliphatic hydroxyl groups is 1. The Morgan fingerprint density at radius 1 is 1.80 bits per heavy atom. The summed E-state index contributed by atoms with van der Waals surface area (Å²) in [5, 5.41) is 8.69. The molecule has 0 bridgehead atoms. The van der Waals surface area contributed by atoms with Crippen LogP contribution in [0.15, 0.2) is 12.7 Å². The molecule has 1 aliphatic heterocycles. The first kappa shape index (κ1) is 7.76. The minimum Gasteiger partial charge on any atom is -0.396 e. The van der Waals surface area contributed by atoms with E-state index in [0.29, 0.717) is 12.0 Å². The van der Waals surface area contributed by atoms with Gasteiger partial charge in [-0.05, 0) is 12.3 Å². The van der Waals surface area contributed by atoms with E-state index in [1.807, 2.05) is 13.0 Å². The molecular formula is C8H14O2. The standard InChI is InChI=1S/C8H14O2/c1-3-7-8(10-7)4-6(2)5-9/h3,6-9H,1,4-5H2,2H3/t6?,7-,8-/m1/s1. The highest BCUT2D eigenvalue weighted by atomic mass is 16.6. The predicted octanol–water partition coefficient (Wildman–Crippen LogP) is 0.958. The fourth-order valence-corrected chi connectivity index (χ4v) is 1.02. The molecule has 1 rings (SSSR count). The van der Waals surface area contributed by atoms with Crippen LogP contribution in [0.25, 0.3) is 0 Å². The van der Waals surface area contributed by atoms with Gasteiger partial charge in [-0.25, -0.2) is 0 Å². The smallest absolute Gasteiger partial charge is 0.102 e. The average Bonchev–Trinajstić information content (AvgIpc) is 2.67. The fourth-order valence-electron chi connectivity index (χ4n) is 1.02. The fraction of sp³-hybridized carbons (Fsp3) is 0.750. The molecular weight excluding hydrogens is 128 g/mol. The van der Waals surface area contributed by atoms with Crippen molar-refractivity contribution in [3.8, 4) is 0 Å². The molecule has 2 heteroatoms. The van der Waals surface area contributed by atoms with E-state index in [0.717, 1.165) is 6.42 Å². The quantitative estimate of drug-likeness (QED) is 0.468. The van der Waals surface area contributed by atoms with Gasteiger partial charge in [0.25, 0.3) is 0 Å². The zero-order valence-electron chi connectivity index (χ0n) is 6.29. The summed E-state index contributed by atoms with van der Waals surface area (Å²) in [7, 11) is 0. The van der Waals surface area contributed by atoms with Gasteiger partial charge in [0.2, 0.25) is 0 Å². The van der Waals surface area contributed by atoms with Gasteiger partial charge in [0.1, 0.15) is 6.10 Å². The first-order valence-electron chi connectivity index (χ1n) is 3.66. The molecule has 3 atom stereocenters. The molecule has 1 aliphatic rings. The van der Waals surface area contributed by atoms with E-state index < -0.39 is 0 Å². The van der Waals surface area contributed by atoms with E-state index in [4.69, 9.17) is 9.84 Å². The maximum Gasteiger partial charge on any atom is 0.102 e. The molecule has 0 aromatic heterocycles. The molecule has 1 heterocycles. The number of hydrogen-bond donors (Lipinski definition) is 1. The predicted molar refractivity (Wildman–Crippen MR) is 39.7 cm³/mol. The summed E-state index contributed by atoms with van der Waals surface area (Å²) in [4.78, 5) is 0. The minimum atomic E-state index is 0.254. The Morgan fingerprint density at radius 2 is 2.50 bits per heavy atom. The lowest BCUT2D eigenvalue weighted by Crippen LogP contribution is -2.05. The van der Waals surface area contributed by atoms with E-state index in [2.05, 4.69) is 6.58 Å². The van der Waals surface area contributed by atoms with Gasteiger partial charge in [-0.15, -0.1) is 6.58 Å². The molecule has 0 aliphatic carbocycles. The van der Waals surface area contributed by atoms with Crippen LogP contribution in [0.3, 0.4) is 0 Å². The summed E-state index contributed by atoms with van der Waals surface area (Å²) in [5.41, 5.74) is 0. The monoisotopic (exact) mass is 142 g/mol. The van der Waals surface area contributed by atoms with Crippen molar-refractivity contribution in [1.29, 1.82) is 0 Å². The zero-order chi connectivity index (χ0) is 7.56. The Balaban J connectivity index is 2.11. The van der Waals surface area contributed by atoms with Crippen LogP contribution in [0, 0.1) is 5.92 Å². The first-order valence-corrected chi connectivity index (χ1v) is 3.66. The third-order valence-corrected chi connectivity index (χ3v) is 1.80. The van der Waals surface area contributed by atoms with Crippen LogP contribution < -0.4 is 0 Å². The van der Waals surface area contributed by atoms with Crippen molar-refractivity contribution < 1.29 is 9.84 Å². The average molecular weight is 142 g/mol. The highest BCUT2D eigenvalue weighted by Crippen LogP contribution is 2.28. The van der Waals surface area contributed by atoms with E-state index in [1.165, 1.54) is 0 Å². The lowest BCUT2D eigenvalue weighted by atomic mass is 10.1. The Hall–Kier alpha value is -0.340. The number of hydrogen-bond acceptors (Lipinski definition) is 2. The first-order chi connectivity index (χ1) is 4.77. The Morgan fingerprint density at radius 3 is 2.90 bits per heavy atom. The van der Waals surface area contributed by atoms with Crippen molar-refractivity contribution in [3.05, 3.63) is 12.7 Å². The van der Waals surface area contributed by atoms with Crippen LogP contribution >= 0.6 is 0 Å². The number of rotatable bonds is 4. The van der Waals surface area contributed by atoms with Gasteiger partial charge in [0, 0.05) is 6.61 Å². The van der Waals surface area contributed by atoms with Crippen molar-refractivity contribution >= 4 is 0 Å². The van der Waals surface area contributed by atoms with Crippen LogP contribution in [-0.4, -0.2) is 23.9 Å². The van der Waals surface area contributed by atoms with Crippen LogP contribution in [0.5, 0.6) is 0 Å². The minimum absolute atomic E-state index is 0.254. The molecule has 0 saturated carbocycles. The maximum atomic E-state index is 8.69. The van der Waals surface area contributed by atoms with Gasteiger partial charge in [-0.1, -0.05) is 13.0 Å². The molecule has 10 heavy (non-hydrogen) atoms. The molecule has 0 aromatic rings. The lowest BCUT2D eigenvalue weighted by molar-refractivity contribution is 0.218. The van der Waals surface area contributed by atoms with E-state index >= 15 is 0 Å². The van der Waals surface area contributed by atoms with Gasteiger partial charge >= 0.3 is 0 Å². The van der Waals surface area contributed by atoms with Gasteiger partial charge in [-0.3, -0.25) is 0 Å². The SMILES string of the molecule is C=C[C@H]1O[C@@H]1CC(C)CO. The van der Waals surface area contributed by atoms with E-state index in [1.54, 1.807) is 0 Å². The summed E-state index contributed by atoms with van der Waals surface area (Å²) in [5.74, 6) is 0.356. The number of epoxide rings is 1. The van der Waals surface area contributed by atoms with Crippen molar-refractivity contribution in [2.24, 2.45) is 5.92 Å². The molecule has 1 fully saturated rings. The molecule has 2 nitrogen and oxygen atoms in total. The third kappa shape index (κ3) is 1.82. The normalized spacial score (nSPS) is 33.4. The molecule has 1 N–H and O–H groups in total. The molecule has 58 valence electrons. The lowest BCUT2D eigenvalue weighted by Gasteiger charge is -2.02. The summed E-state index contributed by atoms with van der Waals surface area (Å²) < 4.78 is 5.21. The van der Waals surface area contributed by atoms with Crippen molar-refractivity contribution in [2.75, 3.05) is 6.61 Å². The van der Waals surface area contributed by atoms with Crippen LogP contribution in [-0.2, 0) is 4.74 Å². The second-order valence-corrected chi connectivity index (χ2v) is 2.90. The Labute approximate surface area is 61.5 Å². The highest BCUT2D eigenvalue weighted by Gasteiger charge is 2.36. The second-order valence-electron chi connectivity index (χ2n) is 2.90. The van der Waals surface area contributed by atoms with E-state index in [9.17, 15) is 0 Å². The summed E-state index contributed by atoms with van der Waals surface area (Å²) in [6, 6.07) is 0. The Bertz CT molecular complexity index is 122. The Kier molecular flexibility index (Phi) is 2.46. The summed E-state index contributed by atoms with van der Waals surface area (Å²) in [6.45, 7) is 5.89. The van der Waals surface area contributed by atoms with Crippen LogP contribution in [0.1, 0.15) is 13.3 Å². The van der Waals surface area contributed by atoms with Crippen molar-refractivity contribution in [3.63, 3.8) is 0 Å². The maximum absolute atomic E-state index is 8.69. The number of ether oxygens (including phenoxy) is 1. The van der Waals surface area contributed by atoms with Gasteiger partial charge in [0.15, 0.2) is 0 Å². The van der Waals surface area contributed by atoms with Crippen molar-refractivity contribution in [1.82, 2.24) is 0 Å².